The molecule has 17 heavy (non-hydrogen) atoms. The van der Waals surface area contributed by atoms with E-state index >= 15 is 0 Å². The van der Waals surface area contributed by atoms with E-state index in [0.29, 0.717) is 0 Å². The number of nitrogens with zero attached hydrogens (tertiary/aromatic N) is 1. The van der Waals surface area contributed by atoms with Crippen molar-refractivity contribution < 1.29 is 5.11 Å². The van der Waals surface area contributed by atoms with Gasteiger partial charge in [-0.2, -0.15) is 0 Å². The lowest BCUT2D eigenvalue weighted by Crippen LogP contribution is -1.82. The molecule has 0 aliphatic carbocycles. The average molecular weight is 261 g/mol. The first-order valence-electron chi connectivity index (χ1n) is 5.10. The fraction of sp³-hybridized carbons (Fsp3) is 0.154. The van der Waals surface area contributed by atoms with Crippen LogP contribution in [-0.2, 0) is 5.75 Å². The highest BCUT2D eigenvalue weighted by molar-refractivity contribution is 7.98. The van der Waals surface area contributed by atoms with Crippen LogP contribution in [0.5, 0.6) is 0 Å². The van der Waals surface area contributed by atoms with E-state index in [-0.39, 0.29) is 6.61 Å². The fourth-order valence-electron chi connectivity index (χ4n) is 1.27. The van der Waals surface area contributed by atoms with Gasteiger partial charge >= 0.3 is 0 Å². The molecule has 2 aromatic heterocycles. The van der Waals surface area contributed by atoms with Crippen LogP contribution in [0.2, 0.25) is 0 Å². The van der Waals surface area contributed by atoms with E-state index in [9.17, 15) is 0 Å². The first-order valence-corrected chi connectivity index (χ1v) is 6.96. The summed E-state index contributed by atoms with van der Waals surface area (Å²) in [6.07, 6.45) is 1.79. The van der Waals surface area contributed by atoms with Crippen molar-refractivity contribution in [2.45, 2.75) is 10.8 Å². The summed E-state index contributed by atoms with van der Waals surface area (Å²) in [7, 11) is 0. The van der Waals surface area contributed by atoms with E-state index in [1.165, 1.54) is 4.88 Å². The van der Waals surface area contributed by atoms with Crippen molar-refractivity contribution in [3.63, 3.8) is 0 Å². The Labute approximate surface area is 109 Å². The zero-order valence-corrected chi connectivity index (χ0v) is 10.7. The minimum Gasteiger partial charge on any atom is -0.384 e. The summed E-state index contributed by atoms with van der Waals surface area (Å²) < 4.78 is 0. The monoisotopic (exact) mass is 261 g/mol. The van der Waals surface area contributed by atoms with Gasteiger partial charge in [0.05, 0.1) is 5.03 Å². The van der Waals surface area contributed by atoms with Crippen LogP contribution < -0.4 is 0 Å². The molecule has 0 radical (unpaired) electrons. The van der Waals surface area contributed by atoms with Gasteiger partial charge in [-0.3, -0.25) is 0 Å². The van der Waals surface area contributed by atoms with Crippen molar-refractivity contribution in [1.29, 1.82) is 0 Å². The Morgan fingerprint density at radius 2 is 2.29 bits per heavy atom. The third kappa shape index (κ3) is 3.60. The third-order valence-electron chi connectivity index (χ3n) is 2.04. The molecule has 2 heterocycles. The number of aliphatic hydroxyl groups excluding tert-OH is 1. The molecule has 0 atom stereocenters. The molecule has 0 amide bonds. The molecule has 86 valence electrons. The van der Waals surface area contributed by atoms with Crippen molar-refractivity contribution in [1.82, 2.24) is 4.98 Å². The Morgan fingerprint density at radius 3 is 3.06 bits per heavy atom. The van der Waals surface area contributed by atoms with Gasteiger partial charge in [0.15, 0.2) is 0 Å². The van der Waals surface area contributed by atoms with Crippen molar-refractivity contribution in [2.24, 2.45) is 0 Å². The van der Waals surface area contributed by atoms with Crippen molar-refractivity contribution in [3.05, 3.63) is 46.3 Å². The lowest BCUT2D eigenvalue weighted by atomic mass is 10.3. The van der Waals surface area contributed by atoms with Crippen LogP contribution in [0.4, 0.5) is 0 Å². The summed E-state index contributed by atoms with van der Waals surface area (Å²) in [5.41, 5.74) is 1.01. The van der Waals surface area contributed by atoms with Crippen molar-refractivity contribution in [3.8, 4) is 11.8 Å². The molecule has 0 aliphatic rings. The molecule has 0 bridgehead atoms. The standard InChI is InChI=1S/C13H11NOS2/c15-8-3-4-11-6-9-16-12(11)10-17-13-5-1-2-7-14-13/h1-2,5-7,9,15H,8,10H2. The molecular formula is C13H11NOS2. The molecule has 0 aliphatic heterocycles. The van der Waals surface area contributed by atoms with E-state index in [0.717, 1.165) is 16.3 Å². The van der Waals surface area contributed by atoms with Crippen LogP contribution in [-0.4, -0.2) is 16.7 Å². The smallest absolute Gasteiger partial charge is 0.104 e. The Bertz CT molecular complexity index is 525. The number of hydrogen-bond acceptors (Lipinski definition) is 4. The normalized spacial score (nSPS) is 9.71. The van der Waals surface area contributed by atoms with Gasteiger partial charge in [0.2, 0.25) is 0 Å². The van der Waals surface area contributed by atoms with Crippen LogP contribution in [0.15, 0.2) is 40.9 Å². The van der Waals surface area contributed by atoms with Gasteiger partial charge in [-0.05, 0) is 23.6 Å². The minimum atomic E-state index is -0.0946. The average Bonchev–Trinajstić information content (AvgIpc) is 2.82. The molecular weight excluding hydrogens is 250 g/mol. The number of aliphatic hydroxyl groups is 1. The summed E-state index contributed by atoms with van der Waals surface area (Å²) in [5, 5.41) is 11.7. The van der Waals surface area contributed by atoms with E-state index in [4.69, 9.17) is 5.11 Å². The zero-order valence-electron chi connectivity index (χ0n) is 9.09. The first-order chi connectivity index (χ1) is 8.40. The maximum Gasteiger partial charge on any atom is 0.104 e. The van der Waals surface area contributed by atoms with Crippen LogP contribution in [0.1, 0.15) is 10.4 Å². The van der Waals surface area contributed by atoms with Crippen molar-refractivity contribution >= 4 is 23.1 Å². The highest BCUT2D eigenvalue weighted by Crippen LogP contribution is 2.25. The van der Waals surface area contributed by atoms with E-state index < -0.39 is 0 Å². The molecule has 2 rings (SSSR count). The molecule has 0 unspecified atom stereocenters. The lowest BCUT2D eigenvalue weighted by Gasteiger charge is -1.99. The number of thiophene rings is 1. The van der Waals surface area contributed by atoms with Gasteiger partial charge in [-0.1, -0.05) is 17.9 Å². The largest absolute Gasteiger partial charge is 0.384 e. The molecule has 2 aromatic rings. The van der Waals surface area contributed by atoms with Gasteiger partial charge in [0.25, 0.3) is 0 Å². The quantitative estimate of drug-likeness (QED) is 0.681. The summed E-state index contributed by atoms with van der Waals surface area (Å²) in [6.45, 7) is -0.0946. The Kier molecular flexibility index (Phi) is 4.63. The molecule has 4 heteroatoms. The second kappa shape index (κ2) is 6.45. The van der Waals surface area contributed by atoms with Gasteiger partial charge < -0.3 is 5.11 Å². The van der Waals surface area contributed by atoms with Crippen LogP contribution in [0.25, 0.3) is 0 Å². The number of thioether (sulfide) groups is 1. The van der Waals surface area contributed by atoms with E-state index in [1.54, 1.807) is 29.3 Å². The molecule has 0 aromatic carbocycles. The SMILES string of the molecule is OCC#Cc1ccsc1CSc1ccccn1. The summed E-state index contributed by atoms with van der Waals surface area (Å²) >= 11 is 3.38. The predicted molar refractivity (Wildman–Crippen MR) is 72.1 cm³/mol. The summed E-state index contributed by atoms with van der Waals surface area (Å²) in [6, 6.07) is 7.88. The molecule has 0 saturated carbocycles. The highest BCUT2D eigenvalue weighted by Gasteiger charge is 2.03. The summed E-state index contributed by atoms with van der Waals surface area (Å²) in [5.74, 6) is 6.50. The van der Waals surface area contributed by atoms with Gasteiger partial charge in [-0.25, -0.2) is 4.98 Å². The molecule has 0 fully saturated rings. The zero-order chi connectivity index (χ0) is 11.9. The van der Waals surface area contributed by atoms with E-state index in [1.807, 2.05) is 29.6 Å². The maximum atomic E-state index is 8.68. The molecule has 1 N–H and O–H groups in total. The second-order valence-electron chi connectivity index (χ2n) is 3.17. The lowest BCUT2D eigenvalue weighted by molar-refractivity contribution is 0.350. The van der Waals surface area contributed by atoms with E-state index in [2.05, 4.69) is 16.8 Å². The molecule has 0 spiro atoms. The second-order valence-corrected chi connectivity index (χ2v) is 5.17. The topological polar surface area (TPSA) is 33.1 Å². The number of aromatic nitrogens is 1. The first kappa shape index (κ1) is 12.2. The van der Waals surface area contributed by atoms with Gasteiger partial charge in [0, 0.05) is 22.4 Å². The Morgan fingerprint density at radius 1 is 1.35 bits per heavy atom. The fourth-order valence-corrected chi connectivity index (χ4v) is 3.08. The summed E-state index contributed by atoms with van der Waals surface area (Å²) in [4.78, 5) is 5.49. The molecule has 2 nitrogen and oxygen atoms in total. The minimum absolute atomic E-state index is 0.0946. The Hall–Kier alpha value is -1.28. The van der Waals surface area contributed by atoms with Crippen LogP contribution >= 0.6 is 23.1 Å². The molecule has 0 saturated heterocycles. The number of rotatable bonds is 3. The van der Waals surface area contributed by atoms with Crippen LogP contribution in [0, 0.1) is 11.8 Å². The number of hydrogen-bond donors (Lipinski definition) is 1. The Balaban J connectivity index is 2.02. The maximum absolute atomic E-state index is 8.68. The van der Waals surface area contributed by atoms with Crippen molar-refractivity contribution in [2.75, 3.05) is 6.61 Å². The van der Waals surface area contributed by atoms with Gasteiger partial charge in [-0.15, -0.1) is 23.1 Å². The number of pyridine rings is 1. The van der Waals surface area contributed by atoms with Crippen LogP contribution in [0.3, 0.4) is 0 Å². The van der Waals surface area contributed by atoms with Gasteiger partial charge in [0.1, 0.15) is 6.61 Å². The third-order valence-corrected chi connectivity index (χ3v) is 4.11. The predicted octanol–water partition coefficient (Wildman–Crippen LogP) is 2.78. The highest BCUT2D eigenvalue weighted by atomic mass is 32.2.